The van der Waals surface area contributed by atoms with E-state index in [1.165, 1.54) is 17.0 Å². The van der Waals surface area contributed by atoms with E-state index in [-0.39, 0.29) is 11.8 Å². The van der Waals surface area contributed by atoms with Gasteiger partial charge in [-0.3, -0.25) is 9.69 Å². The smallest absolute Gasteiger partial charge is 0.259 e. The topological polar surface area (TPSA) is 50.3 Å². The van der Waals surface area contributed by atoms with Crippen LogP contribution in [0.5, 0.6) is 0 Å². The van der Waals surface area contributed by atoms with Crippen LogP contribution in [0.3, 0.4) is 0 Å². The number of hydrogen-bond donors (Lipinski definition) is 0. The Morgan fingerprint density at radius 2 is 1.79 bits per heavy atom. The third kappa shape index (κ3) is 4.51. The first-order chi connectivity index (χ1) is 11.2. The summed E-state index contributed by atoms with van der Waals surface area (Å²) in [5.74, 6) is -0.0134. The van der Waals surface area contributed by atoms with Gasteiger partial charge < -0.3 is 4.57 Å². The van der Waals surface area contributed by atoms with Gasteiger partial charge in [-0.2, -0.15) is 0 Å². The molecule has 0 fully saturated rings. The van der Waals surface area contributed by atoms with Gasteiger partial charge in [0.2, 0.25) is 0 Å². The van der Waals surface area contributed by atoms with E-state index in [1.807, 2.05) is 13.8 Å². The lowest BCUT2D eigenvalue weighted by atomic mass is 10.1. The number of anilines is 1. The Kier molecular flexibility index (Phi) is 5.55. The summed E-state index contributed by atoms with van der Waals surface area (Å²) in [5, 5.41) is 0.731. The predicted octanol–water partition coefficient (Wildman–Crippen LogP) is 3.77. The van der Waals surface area contributed by atoms with Crippen LogP contribution in [0.2, 0.25) is 0 Å². The zero-order valence-corrected chi connectivity index (χ0v) is 15.3. The summed E-state index contributed by atoms with van der Waals surface area (Å²) in [5.41, 5.74) is 0.485. The zero-order valence-electron chi connectivity index (χ0n) is 14.4. The highest BCUT2D eigenvalue weighted by Gasteiger charge is 2.21. The molecular weight excluding hydrogens is 326 g/mol. The number of pyridine rings is 1. The van der Waals surface area contributed by atoms with Crippen LogP contribution in [-0.4, -0.2) is 30.8 Å². The normalized spacial score (nSPS) is 11.6. The summed E-state index contributed by atoms with van der Waals surface area (Å²) in [7, 11) is -2.36. The fraction of sp³-hybridized carbons (Fsp3) is 0.333. The summed E-state index contributed by atoms with van der Waals surface area (Å²) in [6.07, 6.45) is 1.10. The molecule has 0 atom stereocenters. The van der Waals surface area contributed by atoms with Crippen LogP contribution in [0, 0.1) is 11.7 Å². The summed E-state index contributed by atoms with van der Waals surface area (Å²) >= 11 is 0. The Labute approximate surface area is 142 Å². The van der Waals surface area contributed by atoms with E-state index < -0.39 is 13.0 Å². The number of aromatic nitrogens is 1. The minimum atomic E-state index is -2.36. The maximum Gasteiger partial charge on any atom is 0.259 e. The third-order valence-electron chi connectivity index (χ3n) is 3.52. The molecular formula is C18H22FN2O2P. The fourth-order valence-corrected chi connectivity index (χ4v) is 3.16. The first-order valence-corrected chi connectivity index (χ1v) is 10.4. The van der Waals surface area contributed by atoms with Gasteiger partial charge in [-0.15, -0.1) is 0 Å². The number of amides is 1. The molecule has 0 bridgehead atoms. The number of carbonyl (C=O) groups is 1. The minimum Gasteiger partial charge on any atom is -0.319 e. The molecule has 1 aromatic carbocycles. The molecule has 4 nitrogen and oxygen atoms in total. The SMILES string of the molecule is CC(C)CN(C(=O)c1ccc(P(C)(C)=O)cc1)c1ccc(F)cn1. The largest absolute Gasteiger partial charge is 0.319 e. The van der Waals surface area contributed by atoms with Gasteiger partial charge in [0.15, 0.2) is 0 Å². The van der Waals surface area contributed by atoms with Crippen LogP contribution in [0.25, 0.3) is 0 Å². The van der Waals surface area contributed by atoms with E-state index in [2.05, 4.69) is 4.98 Å². The Morgan fingerprint density at radius 3 is 2.25 bits per heavy atom. The number of hydrogen-bond acceptors (Lipinski definition) is 3. The molecule has 1 amide bonds. The van der Waals surface area contributed by atoms with Crippen molar-refractivity contribution in [2.24, 2.45) is 5.92 Å². The summed E-state index contributed by atoms with van der Waals surface area (Å²) in [6, 6.07) is 9.58. The van der Waals surface area contributed by atoms with Crippen LogP contribution in [0.1, 0.15) is 24.2 Å². The number of halogens is 1. The van der Waals surface area contributed by atoms with E-state index in [0.717, 1.165) is 11.5 Å². The lowest BCUT2D eigenvalue weighted by molar-refractivity contribution is 0.0983. The Morgan fingerprint density at radius 1 is 1.17 bits per heavy atom. The Balaban J connectivity index is 2.34. The quantitative estimate of drug-likeness (QED) is 0.773. The van der Waals surface area contributed by atoms with Crippen LogP contribution >= 0.6 is 7.14 Å². The van der Waals surface area contributed by atoms with Gasteiger partial charge in [0.1, 0.15) is 18.8 Å². The molecule has 2 aromatic rings. The van der Waals surface area contributed by atoms with Crippen molar-refractivity contribution < 1.29 is 13.8 Å². The molecule has 1 heterocycles. The number of nitrogens with zero attached hydrogens (tertiary/aromatic N) is 2. The van der Waals surface area contributed by atoms with E-state index in [4.69, 9.17) is 0 Å². The molecule has 0 saturated carbocycles. The first-order valence-electron chi connectivity index (χ1n) is 7.77. The highest BCUT2D eigenvalue weighted by atomic mass is 31.2. The van der Waals surface area contributed by atoms with Gasteiger partial charge in [-0.25, -0.2) is 9.37 Å². The van der Waals surface area contributed by atoms with E-state index in [1.54, 1.807) is 37.6 Å². The van der Waals surface area contributed by atoms with Crippen LogP contribution in [0.15, 0.2) is 42.6 Å². The highest BCUT2D eigenvalue weighted by molar-refractivity contribution is 7.70. The lowest BCUT2D eigenvalue weighted by Gasteiger charge is -2.24. The molecule has 24 heavy (non-hydrogen) atoms. The molecule has 0 radical (unpaired) electrons. The van der Waals surface area contributed by atoms with Crippen molar-refractivity contribution in [1.82, 2.24) is 4.98 Å². The van der Waals surface area contributed by atoms with Gasteiger partial charge >= 0.3 is 0 Å². The predicted molar refractivity (Wildman–Crippen MR) is 96.2 cm³/mol. The van der Waals surface area contributed by atoms with Crippen LogP contribution < -0.4 is 10.2 Å². The molecule has 0 spiro atoms. The first kappa shape index (κ1) is 18.3. The van der Waals surface area contributed by atoms with Crippen LogP contribution in [-0.2, 0) is 4.57 Å². The lowest BCUT2D eigenvalue weighted by Crippen LogP contribution is -2.35. The molecule has 6 heteroatoms. The van der Waals surface area contributed by atoms with Gasteiger partial charge in [0.25, 0.3) is 5.91 Å². The van der Waals surface area contributed by atoms with Crippen molar-refractivity contribution in [3.63, 3.8) is 0 Å². The Bertz CT molecular complexity index is 752. The van der Waals surface area contributed by atoms with Crippen molar-refractivity contribution in [3.05, 3.63) is 54.0 Å². The standard InChI is InChI=1S/C18H22FN2O2P/c1-13(2)12-21(17-10-7-15(19)11-20-17)18(22)14-5-8-16(9-6-14)24(3,4)23/h5-11,13H,12H2,1-4H3. The second-order valence-electron chi connectivity index (χ2n) is 6.54. The van der Waals surface area contributed by atoms with Crippen molar-refractivity contribution in [2.75, 3.05) is 24.8 Å². The van der Waals surface area contributed by atoms with Gasteiger partial charge in [-0.1, -0.05) is 26.0 Å². The van der Waals surface area contributed by atoms with Crippen molar-refractivity contribution in [3.8, 4) is 0 Å². The third-order valence-corrected chi connectivity index (χ3v) is 5.06. The zero-order chi connectivity index (χ0) is 17.9. The fourth-order valence-electron chi connectivity index (χ4n) is 2.29. The second-order valence-corrected chi connectivity index (χ2v) is 9.76. The second kappa shape index (κ2) is 7.27. The van der Waals surface area contributed by atoms with Gasteiger partial charge in [0, 0.05) is 17.4 Å². The Hall–Kier alpha value is -2.00. The minimum absolute atomic E-state index is 0.212. The number of benzene rings is 1. The highest BCUT2D eigenvalue weighted by Crippen LogP contribution is 2.34. The van der Waals surface area contributed by atoms with Crippen LogP contribution in [0.4, 0.5) is 10.2 Å². The molecule has 1 aromatic heterocycles. The van der Waals surface area contributed by atoms with Gasteiger partial charge in [0.05, 0.1) is 6.20 Å². The maximum absolute atomic E-state index is 13.1. The summed E-state index contributed by atoms with van der Waals surface area (Å²) in [6.45, 7) is 7.85. The van der Waals surface area contributed by atoms with E-state index >= 15 is 0 Å². The monoisotopic (exact) mass is 348 g/mol. The summed E-state index contributed by atoms with van der Waals surface area (Å²) in [4.78, 5) is 18.4. The van der Waals surface area contributed by atoms with E-state index in [0.29, 0.717) is 17.9 Å². The molecule has 0 saturated heterocycles. The molecule has 2 rings (SSSR count). The molecule has 0 aliphatic rings. The molecule has 0 aliphatic heterocycles. The van der Waals surface area contributed by atoms with Crippen molar-refractivity contribution in [2.45, 2.75) is 13.8 Å². The molecule has 0 N–H and O–H groups in total. The molecule has 0 unspecified atom stereocenters. The van der Waals surface area contributed by atoms with Crippen molar-refractivity contribution >= 4 is 24.2 Å². The average Bonchev–Trinajstić information content (AvgIpc) is 2.52. The van der Waals surface area contributed by atoms with E-state index in [9.17, 15) is 13.8 Å². The summed E-state index contributed by atoms with van der Waals surface area (Å²) < 4.78 is 25.2. The number of carbonyl (C=O) groups excluding carboxylic acids is 1. The molecule has 0 aliphatic carbocycles. The maximum atomic E-state index is 13.1. The van der Waals surface area contributed by atoms with Gasteiger partial charge in [-0.05, 0) is 43.5 Å². The molecule has 128 valence electrons. The number of rotatable bonds is 5. The van der Waals surface area contributed by atoms with Crippen molar-refractivity contribution in [1.29, 1.82) is 0 Å². The average molecular weight is 348 g/mol.